The van der Waals surface area contributed by atoms with Crippen molar-refractivity contribution in [2.24, 2.45) is 0 Å². The molecule has 0 spiro atoms. The average Bonchev–Trinajstić information content (AvgIpc) is 2.58. The Bertz CT molecular complexity index is 621. The first-order valence-corrected chi connectivity index (χ1v) is 8.80. The van der Waals surface area contributed by atoms with Crippen molar-refractivity contribution in [3.05, 3.63) is 70.8 Å². The molecule has 0 saturated carbocycles. The van der Waals surface area contributed by atoms with Crippen LogP contribution >= 0.6 is 0 Å². The van der Waals surface area contributed by atoms with E-state index in [2.05, 4.69) is 71.0 Å². The number of ether oxygens (including phenoxy) is 1. The Labute approximate surface area is 146 Å². The van der Waals surface area contributed by atoms with E-state index < -0.39 is 6.29 Å². The molecule has 24 heavy (non-hydrogen) atoms. The van der Waals surface area contributed by atoms with Crippen molar-refractivity contribution < 1.29 is 9.84 Å². The molecule has 2 atom stereocenters. The van der Waals surface area contributed by atoms with Gasteiger partial charge in [-0.15, -0.1) is 0 Å². The molecule has 0 heterocycles. The molecular formula is C22H30O2. The van der Waals surface area contributed by atoms with Gasteiger partial charge in [-0.3, -0.25) is 0 Å². The quantitative estimate of drug-likeness (QED) is 0.689. The van der Waals surface area contributed by atoms with E-state index in [0.717, 1.165) is 17.5 Å². The molecule has 0 aliphatic rings. The Morgan fingerprint density at radius 1 is 0.917 bits per heavy atom. The lowest BCUT2D eigenvalue weighted by molar-refractivity contribution is -0.111. The monoisotopic (exact) mass is 326 g/mol. The molecule has 0 saturated heterocycles. The Morgan fingerprint density at radius 2 is 1.46 bits per heavy atom. The lowest BCUT2D eigenvalue weighted by atomic mass is 9.87. The standard InChI is InChI=1S/C22H30O2/c1-6-16(2)18-9-11-19(12-10-18)21(23)24-15-17-7-13-20(14-8-17)22(3,4)5/h7-14,16,21,23H,6,15H2,1-5H3. The van der Waals surface area contributed by atoms with Crippen LogP contribution < -0.4 is 0 Å². The molecule has 1 N–H and O–H groups in total. The van der Waals surface area contributed by atoms with E-state index >= 15 is 0 Å². The molecule has 0 amide bonds. The highest BCUT2D eigenvalue weighted by atomic mass is 16.6. The summed E-state index contributed by atoms with van der Waals surface area (Å²) >= 11 is 0. The van der Waals surface area contributed by atoms with Crippen LogP contribution in [0.1, 0.15) is 75.5 Å². The third kappa shape index (κ3) is 4.93. The molecular weight excluding hydrogens is 296 g/mol. The topological polar surface area (TPSA) is 29.5 Å². The zero-order valence-corrected chi connectivity index (χ0v) is 15.5. The van der Waals surface area contributed by atoms with Crippen LogP contribution in [0.4, 0.5) is 0 Å². The fraction of sp³-hybridized carbons (Fsp3) is 0.455. The third-order valence-electron chi connectivity index (χ3n) is 4.63. The van der Waals surface area contributed by atoms with Crippen molar-refractivity contribution in [2.75, 3.05) is 0 Å². The number of hydrogen-bond donors (Lipinski definition) is 1. The van der Waals surface area contributed by atoms with E-state index in [1.54, 1.807) is 0 Å². The Kier molecular flexibility index (Phi) is 6.20. The molecule has 0 aromatic heterocycles. The van der Waals surface area contributed by atoms with Crippen LogP contribution in [0.2, 0.25) is 0 Å². The fourth-order valence-electron chi connectivity index (χ4n) is 2.60. The van der Waals surface area contributed by atoms with Crippen molar-refractivity contribution in [1.29, 1.82) is 0 Å². The van der Waals surface area contributed by atoms with Crippen LogP contribution in [0.15, 0.2) is 48.5 Å². The average molecular weight is 326 g/mol. The number of aliphatic hydroxyl groups is 1. The lowest BCUT2D eigenvalue weighted by Gasteiger charge is -2.19. The van der Waals surface area contributed by atoms with Gasteiger partial charge in [0.05, 0.1) is 6.61 Å². The normalized spacial score (nSPS) is 14.4. The van der Waals surface area contributed by atoms with E-state index in [9.17, 15) is 5.11 Å². The van der Waals surface area contributed by atoms with Gasteiger partial charge in [0.2, 0.25) is 0 Å². The summed E-state index contributed by atoms with van der Waals surface area (Å²) in [5.74, 6) is 0.540. The first-order chi connectivity index (χ1) is 11.3. The second kappa shape index (κ2) is 7.96. The first kappa shape index (κ1) is 18.7. The summed E-state index contributed by atoms with van der Waals surface area (Å²) < 4.78 is 5.62. The minimum atomic E-state index is -0.890. The fourth-order valence-corrected chi connectivity index (χ4v) is 2.60. The summed E-state index contributed by atoms with van der Waals surface area (Å²) in [6.45, 7) is 11.4. The van der Waals surface area contributed by atoms with Crippen molar-refractivity contribution in [3.63, 3.8) is 0 Å². The summed E-state index contributed by atoms with van der Waals surface area (Å²) in [5.41, 5.74) is 4.61. The van der Waals surface area contributed by atoms with Gasteiger partial charge in [0.25, 0.3) is 0 Å². The van der Waals surface area contributed by atoms with Crippen molar-refractivity contribution in [3.8, 4) is 0 Å². The van der Waals surface area contributed by atoms with E-state index in [1.165, 1.54) is 11.1 Å². The lowest BCUT2D eigenvalue weighted by Crippen LogP contribution is -2.11. The van der Waals surface area contributed by atoms with Gasteiger partial charge in [-0.05, 0) is 34.4 Å². The molecule has 0 bridgehead atoms. The van der Waals surface area contributed by atoms with Crippen LogP contribution in [0, 0.1) is 0 Å². The third-order valence-corrected chi connectivity index (χ3v) is 4.63. The second-order valence-corrected chi connectivity index (χ2v) is 7.59. The van der Waals surface area contributed by atoms with Gasteiger partial charge < -0.3 is 9.84 Å². The molecule has 2 heteroatoms. The summed E-state index contributed by atoms with van der Waals surface area (Å²) in [6.07, 6.45) is 0.224. The van der Waals surface area contributed by atoms with Gasteiger partial charge in [0.15, 0.2) is 6.29 Å². The van der Waals surface area contributed by atoms with Gasteiger partial charge in [-0.2, -0.15) is 0 Å². The van der Waals surface area contributed by atoms with Gasteiger partial charge >= 0.3 is 0 Å². The van der Waals surface area contributed by atoms with Gasteiger partial charge in [0, 0.05) is 5.56 Å². The molecule has 2 nitrogen and oxygen atoms in total. The Balaban J connectivity index is 1.94. The maximum atomic E-state index is 10.2. The Morgan fingerprint density at radius 3 is 1.96 bits per heavy atom. The highest BCUT2D eigenvalue weighted by molar-refractivity contribution is 5.28. The number of hydrogen-bond acceptors (Lipinski definition) is 2. The zero-order chi connectivity index (χ0) is 17.7. The van der Waals surface area contributed by atoms with E-state index in [0.29, 0.717) is 12.5 Å². The van der Waals surface area contributed by atoms with Gasteiger partial charge in [0.1, 0.15) is 0 Å². The molecule has 2 rings (SSSR count). The van der Waals surface area contributed by atoms with Gasteiger partial charge in [-0.25, -0.2) is 0 Å². The minimum Gasteiger partial charge on any atom is -0.364 e. The summed E-state index contributed by atoms with van der Waals surface area (Å²) in [6, 6.07) is 16.5. The van der Waals surface area contributed by atoms with Crippen LogP contribution in [0.3, 0.4) is 0 Å². The molecule has 2 unspecified atom stereocenters. The van der Waals surface area contributed by atoms with Crippen LogP contribution in [-0.2, 0) is 16.8 Å². The molecule has 0 fully saturated rings. The summed E-state index contributed by atoms with van der Waals surface area (Å²) in [7, 11) is 0. The smallest absolute Gasteiger partial charge is 0.181 e. The maximum Gasteiger partial charge on any atom is 0.181 e. The molecule has 0 aliphatic heterocycles. The Hall–Kier alpha value is -1.64. The zero-order valence-electron chi connectivity index (χ0n) is 15.5. The molecule has 0 radical (unpaired) electrons. The maximum absolute atomic E-state index is 10.2. The SMILES string of the molecule is CCC(C)c1ccc(C(O)OCc2ccc(C(C)(C)C)cc2)cc1. The summed E-state index contributed by atoms with van der Waals surface area (Å²) in [4.78, 5) is 0. The molecule has 2 aromatic carbocycles. The van der Waals surface area contributed by atoms with Crippen LogP contribution in [0.25, 0.3) is 0 Å². The molecule has 0 aliphatic carbocycles. The van der Waals surface area contributed by atoms with Crippen LogP contribution in [-0.4, -0.2) is 5.11 Å². The molecule has 130 valence electrons. The number of benzene rings is 2. The molecule has 2 aromatic rings. The number of aliphatic hydroxyl groups excluding tert-OH is 1. The van der Waals surface area contributed by atoms with Crippen LogP contribution in [0.5, 0.6) is 0 Å². The largest absolute Gasteiger partial charge is 0.364 e. The van der Waals surface area contributed by atoms with E-state index in [4.69, 9.17) is 4.74 Å². The second-order valence-electron chi connectivity index (χ2n) is 7.59. The van der Waals surface area contributed by atoms with Crippen molar-refractivity contribution >= 4 is 0 Å². The predicted octanol–water partition coefficient (Wildman–Crippen LogP) is 5.71. The highest BCUT2D eigenvalue weighted by Gasteiger charge is 2.13. The minimum absolute atomic E-state index is 0.149. The van der Waals surface area contributed by atoms with E-state index in [1.807, 2.05) is 12.1 Å². The van der Waals surface area contributed by atoms with E-state index in [-0.39, 0.29) is 5.41 Å². The summed E-state index contributed by atoms with van der Waals surface area (Å²) in [5, 5.41) is 10.2. The predicted molar refractivity (Wildman–Crippen MR) is 100 cm³/mol. The first-order valence-electron chi connectivity index (χ1n) is 8.80. The highest BCUT2D eigenvalue weighted by Crippen LogP contribution is 2.24. The van der Waals surface area contributed by atoms with Crippen molar-refractivity contribution in [1.82, 2.24) is 0 Å². The van der Waals surface area contributed by atoms with Crippen molar-refractivity contribution in [2.45, 2.75) is 65.3 Å². The van der Waals surface area contributed by atoms with Gasteiger partial charge in [-0.1, -0.05) is 83.1 Å². The number of rotatable bonds is 6.